The van der Waals surface area contributed by atoms with Crippen LogP contribution in [-0.2, 0) is 4.79 Å². The number of benzene rings is 2. The third-order valence-corrected chi connectivity index (χ3v) is 4.70. The van der Waals surface area contributed by atoms with Crippen molar-refractivity contribution >= 4 is 11.6 Å². The van der Waals surface area contributed by atoms with E-state index in [0.29, 0.717) is 34.4 Å². The van der Waals surface area contributed by atoms with E-state index in [9.17, 15) is 4.79 Å². The first-order chi connectivity index (χ1) is 13.1. The first-order valence-electron chi connectivity index (χ1n) is 8.42. The van der Waals surface area contributed by atoms with E-state index >= 15 is 0 Å². The van der Waals surface area contributed by atoms with Crippen LogP contribution < -0.4 is 29.0 Å². The lowest BCUT2D eigenvalue weighted by Crippen LogP contribution is -2.24. The van der Waals surface area contributed by atoms with Crippen molar-refractivity contribution in [3.8, 4) is 28.7 Å². The van der Waals surface area contributed by atoms with Crippen molar-refractivity contribution in [2.24, 2.45) is 0 Å². The van der Waals surface area contributed by atoms with Gasteiger partial charge in [0.25, 0.3) is 0 Å². The molecule has 1 atom stereocenters. The highest BCUT2D eigenvalue weighted by molar-refractivity contribution is 5.96. The van der Waals surface area contributed by atoms with Crippen LogP contribution >= 0.6 is 0 Å². The zero-order chi connectivity index (χ0) is 19.6. The molecule has 1 N–H and O–H groups in total. The average Bonchev–Trinajstić information content (AvgIpc) is 2.70. The molecule has 1 amide bonds. The summed E-state index contributed by atoms with van der Waals surface area (Å²) < 4.78 is 27.3. The molecular weight excluding hydrogens is 350 g/mol. The largest absolute Gasteiger partial charge is 0.493 e. The Morgan fingerprint density at radius 2 is 1.41 bits per heavy atom. The van der Waals surface area contributed by atoms with E-state index in [1.54, 1.807) is 41.6 Å². The second-order valence-electron chi connectivity index (χ2n) is 6.02. The van der Waals surface area contributed by atoms with Crippen LogP contribution in [0.5, 0.6) is 28.7 Å². The van der Waals surface area contributed by atoms with Crippen molar-refractivity contribution in [3.05, 3.63) is 35.4 Å². The van der Waals surface area contributed by atoms with Gasteiger partial charge in [0.1, 0.15) is 0 Å². The summed E-state index contributed by atoms with van der Waals surface area (Å²) in [6, 6.07) is 7.35. The monoisotopic (exact) mass is 373 g/mol. The van der Waals surface area contributed by atoms with E-state index < -0.39 is 0 Å². The van der Waals surface area contributed by atoms with Crippen LogP contribution in [0.4, 0.5) is 5.69 Å². The Kier molecular flexibility index (Phi) is 5.30. The van der Waals surface area contributed by atoms with Gasteiger partial charge >= 0.3 is 0 Å². The molecule has 0 fully saturated rings. The van der Waals surface area contributed by atoms with Gasteiger partial charge in [0, 0.05) is 29.7 Å². The van der Waals surface area contributed by atoms with Crippen molar-refractivity contribution in [3.63, 3.8) is 0 Å². The van der Waals surface area contributed by atoms with Crippen molar-refractivity contribution < 1.29 is 28.5 Å². The second-order valence-corrected chi connectivity index (χ2v) is 6.02. The number of carbonyl (C=O) groups is 1. The lowest BCUT2D eigenvalue weighted by molar-refractivity contribution is -0.116. The SMILES string of the molecule is COc1cc2c(cc1OC)[C@H](c1ccc(OC)c(OC)c1OC)CC(=O)N2. The van der Waals surface area contributed by atoms with Crippen LogP contribution in [-0.4, -0.2) is 41.5 Å². The van der Waals surface area contributed by atoms with Gasteiger partial charge in [-0.1, -0.05) is 6.07 Å². The van der Waals surface area contributed by atoms with Crippen molar-refractivity contribution in [1.82, 2.24) is 0 Å². The van der Waals surface area contributed by atoms with Crippen LogP contribution in [0, 0.1) is 0 Å². The first-order valence-corrected chi connectivity index (χ1v) is 8.42. The molecule has 27 heavy (non-hydrogen) atoms. The molecular formula is C20H23NO6. The molecule has 0 radical (unpaired) electrons. The molecule has 1 aliphatic heterocycles. The highest BCUT2D eigenvalue weighted by Crippen LogP contribution is 2.49. The van der Waals surface area contributed by atoms with Gasteiger partial charge in [0.15, 0.2) is 23.0 Å². The highest BCUT2D eigenvalue weighted by Gasteiger charge is 2.32. The molecule has 2 aromatic carbocycles. The van der Waals surface area contributed by atoms with E-state index in [2.05, 4.69) is 5.32 Å². The standard InChI is InChI=1S/C20H23NO6/c1-23-15-7-6-11(19(26-4)20(15)27-5)12-9-18(22)21-14-10-17(25-3)16(24-2)8-13(12)14/h6-8,10,12H,9H2,1-5H3,(H,21,22)/t12-/m0/s1. The summed E-state index contributed by atoms with van der Waals surface area (Å²) in [4.78, 5) is 12.4. The normalized spacial score (nSPS) is 15.4. The molecule has 2 aromatic rings. The number of hydrogen-bond donors (Lipinski definition) is 1. The third kappa shape index (κ3) is 3.20. The van der Waals surface area contributed by atoms with Gasteiger partial charge in [-0.15, -0.1) is 0 Å². The van der Waals surface area contributed by atoms with Gasteiger partial charge in [-0.05, 0) is 17.7 Å². The molecule has 3 rings (SSSR count). The molecule has 0 bridgehead atoms. The summed E-state index contributed by atoms with van der Waals surface area (Å²) >= 11 is 0. The summed E-state index contributed by atoms with van der Waals surface area (Å²) in [6.07, 6.45) is 0.272. The summed E-state index contributed by atoms with van der Waals surface area (Å²) in [5.41, 5.74) is 2.43. The summed E-state index contributed by atoms with van der Waals surface area (Å²) in [7, 11) is 7.83. The van der Waals surface area contributed by atoms with Gasteiger partial charge in [0.05, 0.1) is 35.5 Å². The number of ether oxygens (including phenoxy) is 5. The Hall–Kier alpha value is -3.09. The molecule has 0 saturated carbocycles. The molecule has 1 heterocycles. The van der Waals surface area contributed by atoms with Gasteiger partial charge < -0.3 is 29.0 Å². The number of rotatable bonds is 6. The molecule has 0 saturated heterocycles. The zero-order valence-corrected chi connectivity index (χ0v) is 16.0. The topological polar surface area (TPSA) is 75.2 Å². The van der Waals surface area contributed by atoms with Crippen LogP contribution in [0.3, 0.4) is 0 Å². The van der Waals surface area contributed by atoms with E-state index in [-0.39, 0.29) is 18.2 Å². The summed E-state index contributed by atoms with van der Waals surface area (Å²) in [6.45, 7) is 0. The number of hydrogen-bond acceptors (Lipinski definition) is 6. The van der Waals surface area contributed by atoms with Gasteiger partial charge in [0.2, 0.25) is 11.7 Å². The van der Waals surface area contributed by atoms with E-state index in [1.807, 2.05) is 18.2 Å². The molecule has 7 nitrogen and oxygen atoms in total. The minimum Gasteiger partial charge on any atom is -0.493 e. The maximum Gasteiger partial charge on any atom is 0.225 e. The van der Waals surface area contributed by atoms with Gasteiger partial charge in [-0.2, -0.15) is 0 Å². The van der Waals surface area contributed by atoms with Gasteiger partial charge in [-0.25, -0.2) is 0 Å². The zero-order valence-electron chi connectivity index (χ0n) is 16.0. The fraction of sp³-hybridized carbons (Fsp3) is 0.350. The Bertz CT molecular complexity index is 864. The predicted molar refractivity (Wildman–Crippen MR) is 101 cm³/mol. The fourth-order valence-corrected chi connectivity index (χ4v) is 3.46. The number of fused-ring (bicyclic) bond motifs is 1. The van der Waals surface area contributed by atoms with Crippen LogP contribution in [0.25, 0.3) is 0 Å². The molecule has 144 valence electrons. The number of methoxy groups -OCH3 is 5. The molecule has 0 spiro atoms. The summed E-state index contributed by atoms with van der Waals surface area (Å²) in [5.74, 6) is 2.42. The fourth-order valence-electron chi connectivity index (χ4n) is 3.46. The predicted octanol–water partition coefficient (Wildman–Crippen LogP) is 3.20. The highest BCUT2D eigenvalue weighted by atomic mass is 16.5. The lowest BCUT2D eigenvalue weighted by atomic mass is 9.83. The van der Waals surface area contributed by atoms with Crippen LogP contribution in [0.2, 0.25) is 0 Å². The van der Waals surface area contributed by atoms with E-state index in [4.69, 9.17) is 23.7 Å². The number of carbonyl (C=O) groups excluding carboxylic acids is 1. The molecule has 7 heteroatoms. The smallest absolute Gasteiger partial charge is 0.225 e. The first kappa shape index (κ1) is 18.7. The second kappa shape index (κ2) is 7.65. The quantitative estimate of drug-likeness (QED) is 0.838. The van der Waals surface area contributed by atoms with Crippen LogP contribution in [0.15, 0.2) is 24.3 Å². The molecule has 0 aliphatic carbocycles. The van der Waals surface area contributed by atoms with E-state index in [0.717, 1.165) is 11.1 Å². The third-order valence-electron chi connectivity index (χ3n) is 4.70. The lowest BCUT2D eigenvalue weighted by Gasteiger charge is -2.29. The Balaban J connectivity index is 2.21. The van der Waals surface area contributed by atoms with E-state index in [1.165, 1.54) is 0 Å². The minimum atomic E-state index is -0.233. The molecule has 1 aliphatic rings. The summed E-state index contributed by atoms with van der Waals surface area (Å²) in [5, 5.41) is 2.90. The van der Waals surface area contributed by atoms with Gasteiger partial charge in [-0.3, -0.25) is 4.79 Å². The molecule has 0 unspecified atom stereocenters. The minimum absolute atomic E-state index is 0.0865. The Labute approximate surface area is 158 Å². The Morgan fingerprint density at radius 3 is 2.00 bits per heavy atom. The average molecular weight is 373 g/mol. The maximum atomic E-state index is 12.4. The maximum absolute atomic E-state index is 12.4. The van der Waals surface area contributed by atoms with Crippen molar-refractivity contribution in [1.29, 1.82) is 0 Å². The van der Waals surface area contributed by atoms with Crippen LogP contribution in [0.1, 0.15) is 23.5 Å². The Morgan fingerprint density at radius 1 is 0.778 bits per heavy atom. The van der Waals surface area contributed by atoms with Crippen molar-refractivity contribution in [2.45, 2.75) is 12.3 Å². The molecule has 0 aromatic heterocycles. The van der Waals surface area contributed by atoms with Crippen molar-refractivity contribution in [2.75, 3.05) is 40.9 Å². The number of amides is 1. The number of nitrogens with one attached hydrogen (secondary N) is 1. The number of anilines is 1.